The zero-order valence-corrected chi connectivity index (χ0v) is 11.7. The van der Waals surface area contributed by atoms with Crippen LogP contribution in [0, 0.1) is 6.92 Å². The minimum Gasteiger partial charge on any atom is -0.356 e. The molecule has 3 N–H and O–H groups in total. The minimum atomic E-state index is -0.163. The summed E-state index contributed by atoms with van der Waals surface area (Å²) in [6.07, 6.45) is 1.64. The smallest absolute Gasteiger partial charge is 0.242 e. The fourth-order valence-electron chi connectivity index (χ4n) is 2.78. The summed E-state index contributed by atoms with van der Waals surface area (Å²) in [6, 6.07) is 8.40. The van der Waals surface area contributed by atoms with E-state index in [1.165, 1.54) is 5.56 Å². The van der Waals surface area contributed by atoms with Gasteiger partial charge in [-0.15, -0.1) is 0 Å². The topological polar surface area (TPSA) is 58.4 Å². The van der Waals surface area contributed by atoms with Crippen molar-refractivity contribution >= 4 is 11.6 Å². The standard InChI is InChI=1S/C15H23N3O/c1-11-5-3-4-6-13(11)18-12(2)8-10-17-15(19)14(18)7-9-16/h3-6,12,14H,7-10,16H2,1-2H3,(H,17,19). The summed E-state index contributed by atoms with van der Waals surface area (Å²) in [5.41, 5.74) is 8.03. The van der Waals surface area contributed by atoms with Gasteiger partial charge in [-0.25, -0.2) is 0 Å². The van der Waals surface area contributed by atoms with Crippen LogP contribution in [0.1, 0.15) is 25.3 Å². The first-order valence-corrected chi connectivity index (χ1v) is 6.97. The lowest BCUT2D eigenvalue weighted by molar-refractivity contribution is -0.122. The highest BCUT2D eigenvalue weighted by Gasteiger charge is 2.32. The van der Waals surface area contributed by atoms with Gasteiger partial charge in [-0.3, -0.25) is 4.79 Å². The number of nitrogens with one attached hydrogen (secondary N) is 1. The quantitative estimate of drug-likeness (QED) is 0.865. The van der Waals surface area contributed by atoms with Gasteiger partial charge in [0.15, 0.2) is 0 Å². The number of aryl methyl sites for hydroxylation is 1. The number of nitrogens with zero attached hydrogens (tertiary/aromatic N) is 1. The molecule has 19 heavy (non-hydrogen) atoms. The highest BCUT2D eigenvalue weighted by molar-refractivity contribution is 5.86. The predicted molar refractivity (Wildman–Crippen MR) is 78.2 cm³/mol. The fraction of sp³-hybridized carbons (Fsp3) is 0.533. The number of amides is 1. The van der Waals surface area contributed by atoms with Crippen LogP contribution in [0.5, 0.6) is 0 Å². The molecule has 1 aliphatic rings. The van der Waals surface area contributed by atoms with Crippen molar-refractivity contribution in [1.29, 1.82) is 0 Å². The maximum atomic E-state index is 12.2. The molecular formula is C15H23N3O. The monoisotopic (exact) mass is 261 g/mol. The molecule has 2 atom stereocenters. The van der Waals surface area contributed by atoms with E-state index in [1.54, 1.807) is 0 Å². The summed E-state index contributed by atoms with van der Waals surface area (Å²) in [5, 5.41) is 2.99. The Morgan fingerprint density at radius 2 is 2.16 bits per heavy atom. The second kappa shape index (κ2) is 6.06. The Morgan fingerprint density at radius 3 is 2.84 bits per heavy atom. The maximum Gasteiger partial charge on any atom is 0.242 e. The van der Waals surface area contributed by atoms with Crippen molar-refractivity contribution in [2.45, 2.75) is 38.8 Å². The summed E-state index contributed by atoms with van der Waals surface area (Å²) in [7, 11) is 0. The van der Waals surface area contributed by atoms with Crippen molar-refractivity contribution in [2.75, 3.05) is 18.0 Å². The van der Waals surface area contributed by atoms with Gasteiger partial charge in [0.25, 0.3) is 0 Å². The van der Waals surface area contributed by atoms with E-state index in [-0.39, 0.29) is 11.9 Å². The molecule has 0 bridgehead atoms. The van der Waals surface area contributed by atoms with Gasteiger partial charge < -0.3 is 16.0 Å². The lowest BCUT2D eigenvalue weighted by Gasteiger charge is -2.36. The van der Waals surface area contributed by atoms with E-state index >= 15 is 0 Å². The second-order valence-electron chi connectivity index (χ2n) is 5.22. The van der Waals surface area contributed by atoms with E-state index < -0.39 is 0 Å². The maximum absolute atomic E-state index is 12.2. The normalized spacial score (nSPS) is 23.9. The van der Waals surface area contributed by atoms with Crippen LogP contribution in [0.3, 0.4) is 0 Å². The van der Waals surface area contributed by atoms with Crippen molar-refractivity contribution in [3.8, 4) is 0 Å². The van der Waals surface area contributed by atoms with Crippen LogP contribution >= 0.6 is 0 Å². The number of rotatable bonds is 3. The first-order chi connectivity index (χ1) is 9.15. The molecule has 1 fully saturated rings. The number of hydrogen-bond acceptors (Lipinski definition) is 3. The summed E-state index contributed by atoms with van der Waals surface area (Å²) in [6.45, 7) is 5.53. The molecule has 1 saturated heterocycles. The van der Waals surface area contributed by atoms with Crippen LogP contribution < -0.4 is 16.0 Å². The van der Waals surface area contributed by atoms with E-state index in [4.69, 9.17) is 5.73 Å². The van der Waals surface area contributed by atoms with E-state index in [9.17, 15) is 4.79 Å². The van der Waals surface area contributed by atoms with Crippen LogP contribution in [0.2, 0.25) is 0 Å². The predicted octanol–water partition coefficient (Wildman–Crippen LogP) is 1.43. The molecular weight excluding hydrogens is 238 g/mol. The van der Waals surface area contributed by atoms with E-state index in [1.807, 2.05) is 12.1 Å². The Kier molecular flexibility index (Phi) is 4.43. The van der Waals surface area contributed by atoms with Gasteiger partial charge >= 0.3 is 0 Å². The highest BCUT2D eigenvalue weighted by Crippen LogP contribution is 2.27. The Balaban J connectivity index is 2.40. The van der Waals surface area contributed by atoms with Crippen molar-refractivity contribution < 1.29 is 4.79 Å². The van der Waals surface area contributed by atoms with Crippen LogP contribution in [-0.2, 0) is 4.79 Å². The number of nitrogens with two attached hydrogens (primary N) is 1. The summed E-state index contributed by atoms with van der Waals surface area (Å²) in [5.74, 6) is 0.0954. The van der Waals surface area contributed by atoms with E-state index in [2.05, 4.69) is 36.2 Å². The molecule has 4 nitrogen and oxygen atoms in total. The Morgan fingerprint density at radius 1 is 1.42 bits per heavy atom. The van der Waals surface area contributed by atoms with Gasteiger partial charge in [-0.2, -0.15) is 0 Å². The molecule has 1 heterocycles. The zero-order valence-electron chi connectivity index (χ0n) is 11.7. The molecule has 0 radical (unpaired) electrons. The Labute approximate surface area is 115 Å². The summed E-state index contributed by atoms with van der Waals surface area (Å²) in [4.78, 5) is 14.5. The van der Waals surface area contributed by atoms with Crippen molar-refractivity contribution in [1.82, 2.24) is 5.32 Å². The van der Waals surface area contributed by atoms with Gasteiger partial charge in [0.2, 0.25) is 5.91 Å². The molecule has 2 rings (SSSR count). The van der Waals surface area contributed by atoms with Crippen LogP contribution in [-0.4, -0.2) is 31.1 Å². The van der Waals surface area contributed by atoms with E-state index in [0.717, 1.165) is 18.7 Å². The summed E-state index contributed by atoms with van der Waals surface area (Å²) >= 11 is 0. The van der Waals surface area contributed by atoms with Gasteiger partial charge in [0, 0.05) is 18.3 Å². The second-order valence-corrected chi connectivity index (χ2v) is 5.22. The van der Waals surface area contributed by atoms with Gasteiger partial charge in [-0.05, 0) is 44.9 Å². The summed E-state index contributed by atoms with van der Waals surface area (Å²) < 4.78 is 0. The van der Waals surface area contributed by atoms with Gasteiger partial charge in [0.1, 0.15) is 6.04 Å². The number of anilines is 1. The molecule has 1 aliphatic heterocycles. The molecule has 1 amide bonds. The molecule has 0 saturated carbocycles. The highest BCUT2D eigenvalue weighted by atomic mass is 16.2. The Hall–Kier alpha value is -1.55. The van der Waals surface area contributed by atoms with Crippen LogP contribution in [0.4, 0.5) is 5.69 Å². The van der Waals surface area contributed by atoms with Crippen molar-refractivity contribution in [3.05, 3.63) is 29.8 Å². The minimum absolute atomic E-state index is 0.0954. The number of carbonyl (C=O) groups excluding carboxylic acids is 1. The first kappa shape index (κ1) is 13.9. The largest absolute Gasteiger partial charge is 0.356 e. The third kappa shape index (κ3) is 2.89. The SMILES string of the molecule is Cc1ccccc1N1C(C)CCNC(=O)C1CCN. The Bertz CT molecular complexity index is 447. The zero-order chi connectivity index (χ0) is 13.8. The number of benzene rings is 1. The third-order valence-electron chi connectivity index (χ3n) is 3.81. The van der Waals surface area contributed by atoms with Crippen LogP contribution in [0.25, 0.3) is 0 Å². The first-order valence-electron chi connectivity index (χ1n) is 6.97. The molecule has 104 valence electrons. The van der Waals surface area contributed by atoms with Crippen molar-refractivity contribution in [2.24, 2.45) is 5.73 Å². The molecule has 0 spiro atoms. The average molecular weight is 261 g/mol. The molecule has 1 aromatic rings. The molecule has 4 heteroatoms. The lowest BCUT2D eigenvalue weighted by Crippen LogP contribution is -2.48. The average Bonchev–Trinajstić information content (AvgIpc) is 2.52. The van der Waals surface area contributed by atoms with E-state index in [0.29, 0.717) is 19.0 Å². The third-order valence-corrected chi connectivity index (χ3v) is 3.81. The number of para-hydroxylation sites is 1. The van der Waals surface area contributed by atoms with Gasteiger partial charge in [0.05, 0.1) is 0 Å². The lowest BCUT2D eigenvalue weighted by atomic mass is 10.0. The van der Waals surface area contributed by atoms with Crippen LogP contribution in [0.15, 0.2) is 24.3 Å². The van der Waals surface area contributed by atoms with Gasteiger partial charge in [-0.1, -0.05) is 18.2 Å². The number of carbonyl (C=O) groups is 1. The molecule has 0 aliphatic carbocycles. The van der Waals surface area contributed by atoms with Crippen molar-refractivity contribution in [3.63, 3.8) is 0 Å². The fourth-order valence-corrected chi connectivity index (χ4v) is 2.78. The molecule has 2 unspecified atom stereocenters. The molecule has 0 aromatic heterocycles. The number of hydrogen-bond donors (Lipinski definition) is 2. The molecule has 1 aromatic carbocycles.